The number of pyridine rings is 1. The molecule has 4 nitrogen and oxygen atoms in total. The Morgan fingerprint density at radius 1 is 1.67 bits per heavy atom. The van der Waals surface area contributed by atoms with E-state index in [2.05, 4.69) is 9.72 Å². The maximum atomic E-state index is 13.1. The SMILES string of the molecule is COc1nccc(C(F)(F)C(=O)O)c1Cl. The average molecular weight is 238 g/mol. The van der Waals surface area contributed by atoms with Crippen molar-refractivity contribution in [2.45, 2.75) is 5.92 Å². The number of ether oxygens (including phenoxy) is 1. The first-order chi connectivity index (χ1) is 6.91. The second kappa shape index (κ2) is 3.98. The van der Waals surface area contributed by atoms with Crippen molar-refractivity contribution in [3.63, 3.8) is 0 Å². The van der Waals surface area contributed by atoms with Gasteiger partial charge in [0.1, 0.15) is 5.02 Å². The molecule has 0 atom stereocenters. The van der Waals surface area contributed by atoms with Crippen LogP contribution >= 0.6 is 11.6 Å². The fourth-order valence-electron chi connectivity index (χ4n) is 0.925. The average Bonchev–Trinajstić information content (AvgIpc) is 2.17. The Hall–Kier alpha value is -1.43. The summed E-state index contributed by atoms with van der Waals surface area (Å²) in [6.45, 7) is 0. The van der Waals surface area contributed by atoms with Crippen LogP contribution in [0.15, 0.2) is 12.3 Å². The van der Waals surface area contributed by atoms with Crippen LogP contribution in [0.1, 0.15) is 5.56 Å². The lowest BCUT2D eigenvalue weighted by Gasteiger charge is -2.13. The minimum Gasteiger partial charge on any atom is -0.480 e. The first-order valence-corrected chi connectivity index (χ1v) is 4.09. The second-order valence-electron chi connectivity index (χ2n) is 2.56. The third-order valence-corrected chi connectivity index (χ3v) is 2.02. The van der Waals surface area contributed by atoms with E-state index in [0.717, 1.165) is 12.3 Å². The van der Waals surface area contributed by atoms with Crippen molar-refractivity contribution in [3.8, 4) is 5.88 Å². The minimum absolute atomic E-state index is 0.241. The number of hydrogen-bond acceptors (Lipinski definition) is 3. The van der Waals surface area contributed by atoms with Crippen LogP contribution in [0.25, 0.3) is 0 Å². The number of halogens is 3. The van der Waals surface area contributed by atoms with Crippen LogP contribution < -0.4 is 4.74 Å². The molecule has 0 bridgehead atoms. The molecule has 0 aliphatic carbocycles. The Morgan fingerprint density at radius 2 is 2.27 bits per heavy atom. The van der Waals surface area contributed by atoms with Crippen molar-refractivity contribution in [1.82, 2.24) is 4.98 Å². The van der Waals surface area contributed by atoms with Crippen molar-refractivity contribution in [2.75, 3.05) is 7.11 Å². The normalized spacial score (nSPS) is 11.2. The molecule has 1 rings (SSSR count). The van der Waals surface area contributed by atoms with Crippen molar-refractivity contribution in [2.24, 2.45) is 0 Å². The van der Waals surface area contributed by atoms with Gasteiger partial charge in [-0.25, -0.2) is 9.78 Å². The molecule has 15 heavy (non-hydrogen) atoms. The quantitative estimate of drug-likeness (QED) is 0.873. The van der Waals surface area contributed by atoms with Gasteiger partial charge in [-0.3, -0.25) is 0 Å². The van der Waals surface area contributed by atoms with Crippen LogP contribution in [0.4, 0.5) is 8.78 Å². The maximum absolute atomic E-state index is 13.1. The first kappa shape index (κ1) is 11.6. The Morgan fingerprint density at radius 3 is 2.73 bits per heavy atom. The standard InChI is InChI=1S/C8H6ClF2NO3/c1-15-6-5(9)4(2-3-12-6)8(10,11)7(13)14/h2-3H,1H3,(H,13,14). The van der Waals surface area contributed by atoms with E-state index in [1.165, 1.54) is 7.11 Å². The monoisotopic (exact) mass is 237 g/mol. The molecule has 0 unspecified atom stereocenters. The summed E-state index contributed by atoms with van der Waals surface area (Å²) < 4.78 is 30.8. The summed E-state index contributed by atoms with van der Waals surface area (Å²) in [5.74, 6) is -6.58. The number of nitrogens with zero attached hydrogens (tertiary/aromatic N) is 1. The zero-order valence-electron chi connectivity index (χ0n) is 7.50. The Balaban J connectivity index is 3.32. The number of hydrogen-bond donors (Lipinski definition) is 1. The molecule has 1 aromatic heterocycles. The molecule has 1 N–H and O–H groups in total. The van der Waals surface area contributed by atoms with Crippen LogP contribution in [0.5, 0.6) is 5.88 Å². The first-order valence-electron chi connectivity index (χ1n) is 3.71. The lowest BCUT2D eigenvalue weighted by molar-refractivity contribution is -0.166. The van der Waals surface area contributed by atoms with E-state index in [-0.39, 0.29) is 5.88 Å². The largest absolute Gasteiger partial charge is 0.480 e. The van der Waals surface area contributed by atoms with E-state index < -0.39 is 22.5 Å². The number of alkyl halides is 2. The predicted molar refractivity (Wildman–Crippen MR) is 47.3 cm³/mol. The van der Waals surface area contributed by atoms with Gasteiger partial charge >= 0.3 is 11.9 Å². The summed E-state index contributed by atoms with van der Waals surface area (Å²) in [7, 11) is 1.19. The molecular formula is C8H6ClF2NO3. The fraction of sp³-hybridized carbons (Fsp3) is 0.250. The molecule has 0 fully saturated rings. The number of methoxy groups -OCH3 is 1. The summed E-state index contributed by atoms with van der Waals surface area (Å²) in [5.41, 5.74) is -0.844. The molecule has 7 heteroatoms. The highest BCUT2D eigenvalue weighted by molar-refractivity contribution is 6.32. The molecular weight excluding hydrogens is 232 g/mol. The van der Waals surface area contributed by atoms with Gasteiger partial charge in [0.25, 0.3) is 0 Å². The Bertz CT molecular complexity index is 397. The molecule has 1 heterocycles. The summed E-state index contributed by atoms with van der Waals surface area (Å²) in [6.07, 6.45) is 0.997. The number of carboxylic acid groups (broad SMARTS) is 1. The van der Waals surface area contributed by atoms with Crippen LogP contribution in [-0.4, -0.2) is 23.2 Å². The van der Waals surface area contributed by atoms with Gasteiger partial charge in [-0.1, -0.05) is 11.6 Å². The highest BCUT2D eigenvalue weighted by atomic mass is 35.5. The van der Waals surface area contributed by atoms with Gasteiger partial charge in [-0.2, -0.15) is 8.78 Å². The highest BCUT2D eigenvalue weighted by Gasteiger charge is 2.43. The third-order valence-electron chi connectivity index (χ3n) is 1.66. The summed E-state index contributed by atoms with van der Waals surface area (Å²) in [6, 6.07) is 0.832. The van der Waals surface area contributed by atoms with Gasteiger partial charge in [0.15, 0.2) is 0 Å². The van der Waals surface area contributed by atoms with Gasteiger partial charge in [0, 0.05) is 6.20 Å². The van der Waals surface area contributed by atoms with Gasteiger partial charge in [0.05, 0.1) is 12.7 Å². The van der Waals surface area contributed by atoms with Crippen LogP contribution in [-0.2, 0) is 10.7 Å². The minimum atomic E-state index is -4.06. The summed E-state index contributed by atoms with van der Waals surface area (Å²) >= 11 is 5.51. The number of aliphatic carboxylic acids is 1. The van der Waals surface area contributed by atoms with Crippen molar-refractivity contribution in [1.29, 1.82) is 0 Å². The zero-order valence-corrected chi connectivity index (χ0v) is 8.26. The molecule has 1 aromatic rings. The van der Waals surface area contributed by atoms with Crippen molar-refractivity contribution < 1.29 is 23.4 Å². The molecule has 0 radical (unpaired) electrons. The van der Waals surface area contributed by atoms with E-state index in [0.29, 0.717) is 0 Å². The predicted octanol–water partition coefficient (Wildman–Crippen LogP) is 1.92. The van der Waals surface area contributed by atoms with Gasteiger partial charge in [0.2, 0.25) is 5.88 Å². The highest BCUT2D eigenvalue weighted by Crippen LogP contribution is 2.37. The van der Waals surface area contributed by atoms with Crippen molar-refractivity contribution in [3.05, 3.63) is 22.8 Å². The Labute approximate surface area is 88.4 Å². The van der Waals surface area contributed by atoms with E-state index in [9.17, 15) is 13.6 Å². The lowest BCUT2D eigenvalue weighted by atomic mass is 10.1. The number of rotatable bonds is 3. The lowest BCUT2D eigenvalue weighted by Crippen LogP contribution is -2.25. The van der Waals surface area contributed by atoms with E-state index in [1.807, 2.05) is 0 Å². The molecule has 0 spiro atoms. The van der Waals surface area contributed by atoms with Crippen LogP contribution in [0.3, 0.4) is 0 Å². The zero-order chi connectivity index (χ0) is 11.6. The van der Waals surface area contributed by atoms with Gasteiger partial charge in [-0.05, 0) is 6.07 Å². The smallest absolute Gasteiger partial charge is 0.379 e. The molecule has 0 saturated heterocycles. The topological polar surface area (TPSA) is 59.4 Å². The van der Waals surface area contributed by atoms with E-state index >= 15 is 0 Å². The molecule has 0 aliphatic heterocycles. The van der Waals surface area contributed by atoms with E-state index in [4.69, 9.17) is 16.7 Å². The van der Waals surface area contributed by atoms with Gasteiger partial charge < -0.3 is 9.84 Å². The Kier molecular flexibility index (Phi) is 3.09. The third kappa shape index (κ3) is 1.99. The van der Waals surface area contributed by atoms with Crippen LogP contribution in [0, 0.1) is 0 Å². The molecule has 82 valence electrons. The summed E-state index contributed by atoms with van der Waals surface area (Å²) in [5, 5.41) is 7.81. The fourth-order valence-corrected chi connectivity index (χ4v) is 1.23. The molecule has 0 saturated carbocycles. The van der Waals surface area contributed by atoms with Crippen LogP contribution in [0.2, 0.25) is 5.02 Å². The molecule has 0 aromatic carbocycles. The molecule has 0 amide bonds. The van der Waals surface area contributed by atoms with Crippen molar-refractivity contribution >= 4 is 17.6 Å². The molecule has 0 aliphatic rings. The van der Waals surface area contributed by atoms with Gasteiger partial charge in [-0.15, -0.1) is 0 Å². The number of carbonyl (C=O) groups is 1. The van der Waals surface area contributed by atoms with E-state index in [1.54, 1.807) is 0 Å². The maximum Gasteiger partial charge on any atom is 0.379 e. The second-order valence-corrected chi connectivity index (χ2v) is 2.94. The number of aromatic nitrogens is 1. The number of carboxylic acids is 1. The summed E-state index contributed by atoms with van der Waals surface area (Å²) in [4.78, 5) is 13.9.